The molecule has 2 aliphatic rings. The molecular formula is C20H23N5O3S. The predicted molar refractivity (Wildman–Crippen MR) is 110 cm³/mol. The Balaban J connectivity index is 1.52. The Bertz CT molecular complexity index is 905. The summed E-state index contributed by atoms with van der Waals surface area (Å²) < 4.78 is 0. The first-order chi connectivity index (χ1) is 14.0. The van der Waals surface area contributed by atoms with E-state index in [9.17, 15) is 14.4 Å². The van der Waals surface area contributed by atoms with Crippen LogP contribution in [0.5, 0.6) is 0 Å². The molecule has 0 spiro atoms. The average molecular weight is 414 g/mol. The first kappa shape index (κ1) is 19.4. The summed E-state index contributed by atoms with van der Waals surface area (Å²) in [7, 11) is 1.86. The molecule has 3 heterocycles. The van der Waals surface area contributed by atoms with Gasteiger partial charge in [0.05, 0.1) is 12.2 Å². The van der Waals surface area contributed by atoms with Crippen LogP contribution in [0.3, 0.4) is 0 Å². The minimum absolute atomic E-state index is 0.0408. The van der Waals surface area contributed by atoms with Crippen LogP contribution in [0.1, 0.15) is 24.1 Å². The van der Waals surface area contributed by atoms with Crippen LogP contribution in [-0.2, 0) is 15.0 Å². The van der Waals surface area contributed by atoms with Gasteiger partial charge in [0, 0.05) is 30.9 Å². The molecule has 152 valence electrons. The Morgan fingerprint density at radius 1 is 1.24 bits per heavy atom. The standard InChI is InChI=1S/C20H23N5O3S/c1-21-18-23-15(13-29-18)20(14-5-3-2-4-6-14)7-9-24(10-8-20)17(27)12-25-16(26)11-22-19(25)28/h2-6,13H,7-12H2,1H3,(H,21,23)(H,22,28). The molecule has 0 atom stereocenters. The van der Waals surface area contributed by atoms with Gasteiger partial charge in [0.25, 0.3) is 5.91 Å². The SMILES string of the molecule is CNc1nc(C2(c3ccccc3)CCN(C(=O)CN3C(=O)CNC3=O)CC2)cs1. The van der Waals surface area contributed by atoms with Gasteiger partial charge in [0.2, 0.25) is 5.91 Å². The summed E-state index contributed by atoms with van der Waals surface area (Å²) in [5.41, 5.74) is 1.94. The minimum Gasteiger partial charge on any atom is -0.365 e. The molecule has 9 heteroatoms. The second-order valence-corrected chi connectivity index (χ2v) is 8.11. The molecular weight excluding hydrogens is 390 g/mol. The number of urea groups is 1. The van der Waals surface area contributed by atoms with E-state index in [4.69, 9.17) is 4.98 Å². The van der Waals surface area contributed by atoms with Crippen molar-refractivity contribution in [1.29, 1.82) is 0 Å². The molecule has 2 N–H and O–H groups in total. The van der Waals surface area contributed by atoms with Crippen LogP contribution in [0.15, 0.2) is 35.7 Å². The van der Waals surface area contributed by atoms with E-state index >= 15 is 0 Å². The zero-order valence-electron chi connectivity index (χ0n) is 16.2. The van der Waals surface area contributed by atoms with Crippen molar-refractivity contribution in [2.45, 2.75) is 18.3 Å². The van der Waals surface area contributed by atoms with E-state index < -0.39 is 6.03 Å². The van der Waals surface area contributed by atoms with Gasteiger partial charge in [-0.25, -0.2) is 9.78 Å². The van der Waals surface area contributed by atoms with Crippen LogP contribution in [0.4, 0.5) is 9.93 Å². The number of amides is 4. The Morgan fingerprint density at radius 2 is 1.97 bits per heavy atom. The molecule has 0 unspecified atom stereocenters. The minimum atomic E-state index is -0.499. The quantitative estimate of drug-likeness (QED) is 0.727. The van der Waals surface area contributed by atoms with E-state index in [1.165, 1.54) is 5.56 Å². The summed E-state index contributed by atoms with van der Waals surface area (Å²) in [6, 6.07) is 9.77. The van der Waals surface area contributed by atoms with Gasteiger partial charge in [-0.1, -0.05) is 30.3 Å². The number of piperidine rings is 1. The van der Waals surface area contributed by atoms with Crippen molar-refractivity contribution >= 4 is 34.3 Å². The Morgan fingerprint density at radius 3 is 2.55 bits per heavy atom. The molecule has 8 nitrogen and oxygen atoms in total. The van der Waals surface area contributed by atoms with Crippen molar-refractivity contribution in [2.24, 2.45) is 0 Å². The van der Waals surface area contributed by atoms with Gasteiger partial charge in [0.1, 0.15) is 6.54 Å². The molecule has 29 heavy (non-hydrogen) atoms. The molecule has 2 saturated heterocycles. The summed E-state index contributed by atoms with van der Waals surface area (Å²) in [4.78, 5) is 43.7. The zero-order valence-corrected chi connectivity index (χ0v) is 17.0. The Labute approximate surface area is 172 Å². The Kier molecular flexibility index (Phi) is 5.23. The number of rotatable bonds is 5. The van der Waals surface area contributed by atoms with Crippen molar-refractivity contribution < 1.29 is 14.4 Å². The molecule has 2 aromatic rings. The third-order valence-corrected chi connectivity index (χ3v) is 6.59. The van der Waals surface area contributed by atoms with Gasteiger partial charge < -0.3 is 15.5 Å². The number of likely N-dealkylation sites (tertiary alicyclic amines) is 1. The normalized spacial score (nSPS) is 18.7. The number of hydrogen-bond donors (Lipinski definition) is 2. The van der Waals surface area contributed by atoms with Gasteiger partial charge in [-0.15, -0.1) is 11.3 Å². The number of thiazole rings is 1. The number of carbonyl (C=O) groups is 3. The van der Waals surface area contributed by atoms with Crippen molar-refractivity contribution in [1.82, 2.24) is 20.1 Å². The molecule has 4 rings (SSSR count). The maximum absolute atomic E-state index is 12.7. The van der Waals surface area contributed by atoms with Crippen molar-refractivity contribution in [3.8, 4) is 0 Å². The van der Waals surface area contributed by atoms with Crippen molar-refractivity contribution in [2.75, 3.05) is 38.5 Å². The van der Waals surface area contributed by atoms with Crippen LogP contribution in [0.25, 0.3) is 0 Å². The number of nitrogens with zero attached hydrogens (tertiary/aromatic N) is 3. The smallest absolute Gasteiger partial charge is 0.325 e. The number of carbonyl (C=O) groups excluding carboxylic acids is 3. The number of hydrogen-bond acceptors (Lipinski definition) is 6. The van der Waals surface area contributed by atoms with Gasteiger partial charge in [-0.05, 0) is 18.4 Å². The third kappa shape index (κ3) is 3.57. The second kappa shape index (κ2) is 7.82. The summed E-state index contributed by atoms with van der Waals surface area (Å²) in [5.74, 6) is -0.563. The molecule has 1 aromatic carbocycles. The highest BCUT2D eigenvalue weighted by molar-refractivity contribution is 7.13. The molecule has 4 amide bonds. The largest absolute Gasteiger partial charge is 0.365 e. The molecule has 0 aliphatic carbocycles. The lowest BCUT2D eigenvalue weighted by molar-refractivity contribution is -0.137. The zero-order chi connectivity index (χ0) is 20.4. The predicted octanol–water partition coefficient (Wildman–Crippen LogP) is 1.65. The van der Waals surface area contributed by atoms with Crippen LogP contribution in [0, 0.1) is 0 Å². The monoisotopic (exact) mass is 413 g/mol. The van der Waals surface area contributed by atoms with E-state index in [1.54, 1.807) is 16.2 Å². The highest BCUT2D eigenvalue weighted by Gasteiger charge is 2.41. The van der Waals surface area contributed by atoms with E-state index in [-0.39, 0.29) is 30.3 Å². The second-order valence-electron chi connectivity index (χ2n) is 7.26. The Hall–Kier alpha value is -2.94. The fourth-order valence-corrected chi connectivity index (χ4v) is 4.82. The molecule has 2 fully saturated rings. The van der Waals surface area contributed by atoms with E-state index in [0.29, 0.717) is 13.1 Å². The van der Waals surface area contributed by atoms with Crippen LogP contribution in [-0.4, -0.2) is 65.9 Å². The number of benzene rings is 1. The van der Waals surface area contributed by atoms with Crippen LogP contribution < -0.4 is 10.6 Å². The fraction of sp³-hybridized carbons (Fsp3) is 0.400. The number of nitrogens with one attached hydrogen (secondary N) is 2. The highest BCUT2D eigenvalue weighted by atomic mass is 32.1. The summed E-state index contributed by atoms with van der Waals surface area (Å²) in [6.07, 6.45) is 1.46. The number of anilines is 1. The first-order valence-electron chi connectivity index (χ1n) is 9.59. The number of imide groups is 1. The van der Waals surface area contributed by atoms with Crippen LogP contribution in [0.2, 0.25) is 0 Å². The lowest BCUT2D eigenvalue weighted by Crippen LogP contribution is -2.49. The van der Waals surface area contributed by atoms with Crippen LogP contribution >= 0.6 is 11.3 Å². The molecule has 1 aromatic heterocycles. The lowest BCUT2D eigenvalue weighted by Gasteiger charge is -2.41. The van der Waals surface area contributed by atoms with E-state index in [2.05, 4.69) is 28.1 Å². The van der Waals surface area contributed by atoms with Gasteiger partial charge >= 0.3 is 6.03 Å². The lowest BCUT2D eigenvalue weighted by atomic mass is 9.70. The van der Waals surface area contributed by atoms with E-state index in [1.807, 2.05) is 25.2 Å². The molecule has 2 aliphatic heterocycles. The first-order valence-corrected chi connectivity index (χ1v) is 10.5. The topological polar surface area (TPSA) is 94.6 Å². The van der Waals surface area contributed by atoms with Gasteiger partial charge in [-0.3, -0.25) is 14.5 Å². The van der Waals surface area contributed by atoms with Gasteiger partial charge in [0.15, 0.2) is 5.13 Å². The van der Waals surface area contributed by atoms with E-state index in [0.717, 1.165) is 28.6 Å². The average Bonchev–Trinajstić information content (AvgIpc) is 3.37. The van der Waals surface area contributed by atoms with Gasteiger partial charge in [-0.2, -0.15) is 0 Å². The van der Waals surface area contributed by atoms with Crippen molar-refractivity contribution in [3.63, 3.8) is 0 Å². The molecule has 0 bridgehead atoms. The molecule has 0 radical (unpaired) electrons. The molecule has 0 saturated carbocycles. The summed E-state index contributed by atoms with van der Waals surface area (Å²) >= 11 is 1.57. The fourth-order valence-electron chi connectivity index (χ4n) is 4.05. The summed E-state index contributed by atoms with van der Waals surface area (Å²) in [5, 5.41) is 8.50. The highest BCUT2D eigenvalue weighted by Crippen LogP contribution is 2.42. The van der Waals surface area contributed by atoms with Crippen molar-refractivity contribution in [3.05, 3.63) is 47.0 Å². The maximum Gasteiger partial charge on any atom is 0.325 e. The number of aromatic nitrogens is 1. The summed E-state index contributed by atoms with van der Waals surface area (Å²) in [6.45, 7) is 0.845. The third-order valence-electron chi connectivity index (χ3n) is 5.73. The maximum atomic E-state index is 12.7.